The lowest BCUT2D eigenvalue weighted by atomic mass is 9.80. The van der Waals surface area contributed by atoms with Gasteiger partial charge in [0, 0.05) is 18.5 Å². The van der Waals surface area contributed by atoms with Gasteiger partial charge in [0.15, 0.2) is 0 Å². The molecule has 0 radical (unpaired) electrons. The minimum absolute atomic E-state index is 0.0892. The highest BCUT2D eigenvalue weighted by atomic mass is 16.2. The van der Waals surface area contributed by atoms with Crippen LogP contribution in [0.25, 0.3) is 0 Å². The Balaban J connectivity index is 2.00. The Kier molecular flexibility index (Phi) is 5.02. The third-order valence-corrected chi connectivity index (χ3v) is 5.03. The Hall–Kier alpha value is -1.10. The van der Waals surface area contributed by atoms with Crippen LogP contribution >= 0.6 is 0 Å². The summed E-state index contributed by atoms with van der Waals surface area (Å²) in [6.45, 7) is 3.24. The van der Waals surface area contributed by atoms with Crippen molar-refractivity contribution in [2.75, 3.05) is 13.1 Å². The molecule has 0 spiro atoms. The van der Waals surface area contributed by atoms with Gasteiger partial charge < -0.3 is 16.4 Å². The first kappa shape index (κ1) is 15.3. The normalized spacial score (nSPS) is 34.8. The maximum Gasteiger partial charge on any atom is 0.225 e. The zero-order valence-corrected chi connectivity index (χ0v) is 12.4. The fourth-order valence-electron chi connectivity index (χ4n) is 3.61. The first-order valence-electron chi connectivity index (χ1n) is 7.82. The lowest BCUT2D eigenvalue weighted by Crippen LogP contribution is -2.51. The molecule has 20 heavy (non-hydrogen) atoms. The number of hydrogen-bond donors (Lipinski definition) is 2. The van der Waals surface area contributed by atoms with Gasteiger partial charge in [0.25, 0.3) is 0 Å². The monoisotopic (exact) mass is 281 g/mol. The van der Waals surface area contributed by atoms with Crippen molar-refractivity contribution in [3.8, 4) is 0 Å². The lowest BCUT2D eigenvalue weighted by Gasteiger charge is -2.40. The maximum absolute atomic E-state index is 12.7. The van der Waals surface area contributed by atoms with Gasteiger partial charge in [-0.25, -0.2) is 0 Å². The van der Waals surface area contributed by atoms with Crippen LogP contribution in [0.15, 0.2) is 0 Å². The van der Waals surface area contributed by atoms with Crippen LogP contribution in [0.2, 0.25) is 0 Å². The van der Waals surface area contributed by atoms with E-state index in [9.17, 15) is 9.59 Å². The SMILES string of the molecule is CC1CCC(C(N)=O)CN1C(=O)C1CCCC(CN)C1. The molecular formula is C15H27N3O2. The van der Waals surface area contributed by atoms with Crippen molar-refractivity contribution in [1.29, 1.82) is 0 Å². The topological polar surface area (TPSA) is 89.4 Å². The molecule has 1 aliphatic heterocycles. The summed E-state index contributed by atoms with van der Waals surface area (Å²) < 4.78 is 0. The average Bonchev–Trinajstić information content (AvgIpc) is 2.46. The molecule has 2 amide bonds. The summed E-state index contributed by atoms with van der Waals surface area (Å²) >= 11 is 0. The summed E-state index contributed by atoms with van der Waals surface area (Å²) in [5, 5.41) is 0. The fourth-order valence-corrected chi connectivity index (χ4v) is 3.61. The number of amides is 2. The maximum atomic E-state index is 12.7. The number of carbonyl (C=O) groups excluding carboxylic acids is 2. The third-order valence-electron chi connectivity index (χ3n) is 5.03. The fraction of sp³-hybridized carbons (Fsp3) is 0.867. The van der Waals surface area contributed by atoms with E-state index < -0.39 is 0 Å². The molecule has 2 fully saturated rings. The molecule has 0 aromatic heterocycles. The predicted molar refractivity (Wildman–Crippen MR) is 77.6 cm³/mol. The summed E-state index contributed by atoms with van der Waals surface area (Å²) in [4.78, 5) is 26.0. The minimum atomic E-state index is -0.279. The number of rotatable bonds is 3. The van der Waals surface area contributed by atoms with E-state index in [0.717, 1.165) is 38.5 Å². The zero-order valence-electron chi connectivity index (χ0n) is 12.4. The quantitative estimate of drug-likeness (QED) is 0.804. The Morgan fingerprint density at radius 1 is 1.15 bits per heavy atom. The van der Waals surface area contributed by atoms with Crippen molar-refractivity contribution in [3.05, 3.63) is 0 Å². The Bertz CT molecular complexity index is 372. The molecule has 2 aliphatic rings. The highest BCUT2D eigenvalue weighted by molar-refractivity contribution is 5.82. The van der Waals surface area contributed by atoms with Crippen molar-refractivity contribution in [2.24, 2.45) is 29.2 Å². The van der Waals surface area contributed by atoms with Gasteiger partial charge in [-0.1, -0.05) is 6.42 Å². The molecule has 1 heterocycles. The van der Waals surface area contributed by atoms with Crippen LogP contribution in [0.5, 0.6) is 0 Å². The number of nitrogens with two attached hydrogens (primary N) is 2. The van der Waals surface area contributed by atoms with E-state index in [1.165, 1.54) is 0 Å². The number of piperidine rings is 1. The van der Waals surface area contributed by atoms with E-state index >= 15 is 0 Å². The van der Waals surface area contributed by atoms with Crippen molar-refractivity contribution in [3.63, 3.8) is 0 Å². The predicted octanol–water partition coefficient (Wildman–Crippen LogP) is 0.864. The summed E-state index contributed by atoms with van der Waals surface area (Å²) in [6, 6.07) is 0.219. The number of likely N-dealkylation sites (tertiary alicyclic amines) is 1. The molecule has 5 heteroatoms. The van der Waals surface area contributed by atoms with E-state index in [0.29, 0.717) is 19.0 Å². The smallest absolute Gasteiger partial charge is 0.225 e. The summed E-state index contributed by atoms with van der Waals surface area (Å²) in [5.41, 5.74) is 11.2. The highest BCUT2D eigenvalue weighted by Crippen LogP contribution is 2.32. The first-order chi connectivity index (χ1) is 9.52. The number of hydrogen-bond acceptors (Lipinski definition) is 3. The summed E-state index contributed by atoms with van der Waals surface area (Å²) in [7, 11) is 0. The molecule has 0 bridgehead atoms. The second-order valence-corrected chi connectivity index (χ2v) is 6.48. The van der Waals surface area contributed by atoms with Gasteiger partial charge in [-0.05, 0) is 51.5 Å². The molecular weight excluding hydrogens is 254 g/mol. The molecule has 2 rings (SSSR count). The van der Waals surface area contributed by atoms with Gasteiger partial charge in [-0.3, -0.25) is 9.59 Å². The molecule has 1 saturated heterocycles. The zero-order chi connectivity index (χ0) is 14.7. The molecule has 5 nitrogen and oxygen atoms in total. The highest BCUT2D eigenvalue weighted by Gasteiger charge is 2.36. The van der Waals surface area contributed by atoms with Crippen LogP contribution in [0.4, 0.5) is 0 Å². The second kappa shape index (κ2) is 6.57. The van der Waals surface area contributed by atoms with Crippen LogP contribution in [-0.2, 0) is 9.59 Å². The van der Waals surface area contributed by atoms with E-state index in [2.05, 4.69) is 6.92 Å². The molecule has 114 valence electrons. The number of carbonyl (C=O) groups is 2. The van der Waals surface area contributed by atoms with Crippen LogP contribution in [0.1, 0.15) is 45.4 Å². The first-order valence-corrected chi connectivity index (χ1v) is 7.82. The Morgan fingerprint density at radius 3 is 2.55 bits per heavy atom. The van der Waals surface area contributed by atoms with E-state index in [1.807, 2.05) is 4.90 Å². The van der Waals surface area contributed by atoms with Crippen molar-refractivity contribution < 1.29 is 9.59 Å². The van der Waals surface area contributed by atoms with Gasteiger partial charge >= 0.3 is 0 Å². The molecule has 0 aromatic rings. The van der Waals surface area contributed by atoms with Crippen LogP contribution < -0.4 is 11.5 Å². The van der Waals surface area contributed by atoms with Gasteiger partial charge in [0.05, 0.1) is 5.92 Å². The Morgan fingerprint density at radius 2 is 1.90 bits per heavy atom. The molecule has 1 saturated carbocycles. The van der Waals surface area contributed by atoms with Gasteiger partial charge in [-0.2, -0.15) is 0 Å². The van der Waals surface area contributed by atoms with Gasteiger partial charge in [-0.15, -0.1) is 0 Å². The average molecular weight is 281 g/mol. The van der Waals surface area contributed by atoms with Crippen LogP contribution in [0.3, 0.4) is 0 Å². The van der Waals surface area contributed by atoms with Crippen LogP contribution in [0, 0.1) is 17.8 Å². The lowest BCUT2D eigenvalue weighted by molar-refractivity contribution is -0.143. The molecule has 4 N–H and O–H groups in total. The van der Waals surface area contributed by atoms with Gasteiger partial charge in [0.1, 0.15) is 0 Å². The number of nitrogens with zero attached hydrogens (tertiary/aromatic N) is 1. The van der Waals surface area contributed by atoms with E-state index in [1.54, 1.807) is 0 Å². The largest absolute Gasteiger partial charge is 0.369 e. The Labute approximate surface area is 121 Å². The van der Waals surface area contributed by atoms with Crippen molar-refractivity contribution in [1.82, 2.24) is 4.90 Å². The van der Waals surface area contributed by atoms with Crippen LogP contribution in [-0.4, -0.2) is 35.8 Å². The third kappa shape index (κ3) is 3.32. The van der Waals surface area contributed by atoms with E-state index in [-0.39, 0.29) is 29.7 Å². The minimum Gasteiger partial charge on any atom is -0.369 e. The standard InChI is InChI=1S/C15H27N3O2/c1-10-5-6-13(14(17)19)9-18(10)15(20)12-4-2-3-11(7-12)8-16/h10-13H,2-9,16H2,1H3,(H2,17,19). The molecule has 4 unspecified atom stereocenters. The molecule has 0 aromatic carbocycles. The van der Waals surface area contributed by atoms with Crippen molar-refractivity contribution >= 4 is 11.8 Å². The number of primary amides is 1. The van der Waals surface area contributed by atoms with Gasteiger partial charge in [0.2, 0.25) is 11.8 Å². The van der Waals surface area contributed by atoms with E-state index in [4.69, 9.17) is 11.5 Å². The molecule has 1 aliphatic carbocycles. The molecule has 4 atom stereocenters. The summed E-state index contributed by atoms with van der Waals surface area (Å²) in [6.07, 6.45) is 5.75. The van der Waals surface area contributed by atoms with Crippen molar-refractivity contribution in [2.45, 2.75) is 51.5 Å². The summed E-state index contributed by atoms with van der Waals surface area (Å²) in [5.74, 6) is 0.319. The second-order valence-electron chi connectivity index (χ2n) is 6.48.